The monoisotopic (exact) mass is 273 g/mol. The van der Waals surface area contributed by atoms with Crippen LogP contribution in [0, 0.1) is 0 Å². The van der Waals surface area contributed by atoms with E-state index < -0.39 is 0 Å². The second-order valence-corrected chi connectivity index (χ2v) is 6.39. The third kappa shape index (κ3) is 2.83. The van der Waals surface area contributed by atoms with Crippen molar-refractivity contribution >= 4 is 5.82 Å². The fraction of sp³-hybridized carbons (Fsp3) is 0.706. The number of nitrogens with zero attached hydrogens (tertiary/aromatic N) is 3. The summed E-state index contributed by atoms with van der Waals surface area (Å²) in [6.07, 6.45) is 7.33. The summed E-state index contributed by atoms with van der Waals surface area (Å²) in [6, 6.07) is 5.24. The molecule has 0 amide bonds. The van der Waals surface area contributed by atoms with Gasteiger partial charge in [0.2, 0.25) is 0 Å². The first kappa shape index (κ1) is 13.9. The average molecular weight is 273 g/mol. The van der Waals surface area contributed by atoms with Crippen LogP contribution in [-0.2, 0) is 0 Å². The Morgan fingerprint density at radius 2 is 2.05 bits per heavy atom. The van der Waals surface area contributed by atoms with Crippen LogP contribution in [0.25, 0.3) is 0 Å². The highest BCUT2D eigenvalue weighted by molar-refractivity contribution is 5.41. The third-order valence-electron chi connectivity index (χ3n) is 5.10. The number of anilines is 1. The minimum absolute atomic E-state index is 0.618. The molecule has 0 radical (unpaired) electrons. The van der Waals surface area contributed by atoms with Crippen LogP contribution >= 0.6 is 0 Å². The van der Waals surface area contributed by atoms with Gasteiger partial charge in [0, 0.05) is 25.3 Å². The third-order valence-corrected chi connectivity index (χ3v) is 5.10. The Balaban J connectivity index is 1.62. The van der Waals surface area contributed by atoms with E-state index in [2.05, 4.69) is 42.0 Å². The first-order chi connectivity index (χ1) is 9.78. The number of hydrogen-bond acceptors (Lipinski definition) is 3. The summed E-state index contributed by atoms with van der Waals surface area (Å²) in [7, 11) is 0. The molecule has 20 heavy (non-hydrogen) atoms. The standard InChI is InChI=1S/C17H27N3/c1-3-14(2)15-6-7-17(18-12-15)20-11-8-16(13-20)19-9-4-5-10-19/h6-7,12,14,16H,3-5,8-11,13H2,1-2H3/t14-,16?/m0/s1. The number of pyridine rings is 1. The minimum atomic E-state index is 0.618. The molecule has 2 aliphatic rings. The van der Waals surface area contributed by atoms with Crippen LogP contribution in [-0.4, -0.2) is 42.1 Å². The van der Waals surface area contributed by atoms with E-state index >= 15 is 0 Å². The minimum Gasteiger partial charge on any atom is -0.355 e. The Labute approximate surface area is 123 Å². The van der Waals surface area contributed by atoms with E-state index in [1.807, 2.05) is 0 Å². The van der Waals surface area contributed by atoms with E-state index in [0.29, 0.717) is 5.92 Å². The zero-order valence-corrected chi connectivity index (χ0v) is 12.9. The topological polar surface area (TPSA) is 19.4 Å². The van der Waals surface area contributed by atoms with E-state index in [1.165, 1.54) is 50.2 Å². The normalized spacial score (nSPS) is 25.3. The van der Waals surface area contributed by atoms with Crippen LogP contribution in [0.15, 0.2) is 18.3 Å². The van der Waals surface area contributed by atoms with Gasteiger partial charge in [-0.15, -0.1) is 0 Å². The lowest BCUT2D eigenvalue weighted by Gasteiger charge is -2.24. The highest BCUT2D eigenvalue weighted by atomic mass is 15.3. The number of hydrogen-bond donors (Lipinski definition) is 0. The summed E-state index contributed by atoms with van der Waals surface area (Å²) in [5, 5.41) is 0. The van der Waals surface area contributed by atoms with Crippen LogP contribution < -0.4 is 4.90 Å². The number of aromatic nitrogens is 1. The maximum atomic E-state index is 4.70. The van der Waals surface area contributed by atoms with Gasteiger partial charge < -0.3 is 4.90 Å². The summed E-state index contributed by atoms with van der Waals surface area (Å²) in [5.74, 6) is 1.78. The number of rotatable bonds is 4. The van der Waals surface area contributed by atoms with Crippen LogP contribution in [0.1, 0.15) is 51.0 Å². The van der Waals surface area contributed by atoms with E-state index in [1.54, 1.807) is 0 Å². The molecule has 2 aliphatic heterocycles. The molecule has 1 aromatic heterocycles. The molecule has 3 nitrogen and oxygen atoms in total. The summed E-state index contributed by atoms with van der Waals surface area (Å²) < 4.78 is 0. The van der Waals surface area contributed by atoms with Crippen molar-refractivity contribution in [3.8, 4) is 0 Å². The van der Waals surface area contributed by atoms with Crippen molar-refractivity contribution in [2.45, 2.75) is 51.5 Å². The van der Waals surface area contributed by atoms with Crippen LogP contribution in [0.2, 0.25) is 0 Å². The van der Waals surface area contributed by atoms with Crippen molar-refractivity contribution in [3.63, 3.8) is 0 Å². The molecule has 0 N–H and O–H groups in total. The molecule has 110 valence electrons. The molecule has 1 unspecified atom stereocenters. The summed E-state index contributed by atoms with van der Waals surface area (Å²) in [6.45, 7) is 9.44. The quantitative estimate of drug-likeness (QED) is 0.839. The number of likely N-dealkylation sites (tertiary alicyclic amines) is 1. The summed E-state index contributed by atoms with van der Waals surface area (Å²) in [5.41, 5.74) is 1.37. The second-order valence-electron chi connectivity index (χ2n) is 6.39. The van der Waals surface area contributed by atoms with Crippen LogP contribution in [0.3, 0.4) is 0 Å². The van der Waals surface area contributed by atoms with Gasteiger partial charge in [-0.05, 0) is 56.3 Å². The molecule has 0 aromatic carbocycles. The fourth-order valence-electron chi connectivity index (χ4n) is 3.47. The lowest BCUT2D eigenvalue weighted by molar-refractivity contribution is 0.260. The Kier molecular flexibility index (Phi) is 4.25. The molecule has 0 saturated carbocycles. The molecule has 3 heteroatoms. The fourth-order valence-corrected chi connectivity index (χ4v) is 3.47. The highest BCUT2D eigenvalue weighted by Gasteiger charge is 2.29. The summed E-state index contributed by atoms with van der Waals surface area (Å²) in [4.78, 5) is 9.83. The lowest BCUT2D eigenvalue weighted by Crippen LogP contribution is -2.35. The van der Waals surface area contributed by atoms with Gasteiger partial charge in [0.05, 0.1) is 0 Å². The van der Waals surface area contributed by atoms with Gasteiger partial charge in [0.25, 0.3) is 0 Å². The van der Waals surface area contributed by atoms with Gasteiger partial charge in [-0.2, -0.15) is 0 Å². The highest BCUT2D eigenvalue weighted by Crippen LogP contribution is 2.25. The van der Waals surface area contributed by atoms with Crippen molar-refractivity contribution in [2.24, 2.45) is 0 Å². The molecule has 1 aromatic rings. The van der Waals surface area contributed by atoms with E-state index in [-0.39, 0.29) is 0 Å². The summed E-state index contributed by atoms with van der Waals surface area (Å²) >= 11 is 0. The molecular formula is C17H27N3. The van der Waals surface area contributed by atoms with E-state index in [0.717, 1.165) is 19.1 Å². The first-order valence-electron chi connectivity index (χ1n) is 8.23. The second kappa shape index (κ2) is 6.13. The average Bonchev–Trinajstić information content (AvgIpc) is 3.17. The predicted octanol–water partition coefficient (Wildman–Crippen LogP) is 3.27. The van der Waals surface area contributed by atoms with Gasteiger partial charge in [0.15, 0.2) is 0 Å². The first-order valence-corrected chi connectivity index (χ1v) is 8.23. The van der Waals surface area contributed by atoms with Crippen molar-refractivity contribution in [1.29, 1.82) is 0 Å². The smallest absolute Gasteiger partial charge is 0.128 e. The molecule has 3 heterocycles. The molecular weight excluding hydrogens is 246 g/mol. The lowest BCUT2D eigenvalue weighted by atomic mass is 10.0. The molecule has 2 fully saturated rings. The van der Waals surface area contributed by atoms with Gasteiger partial charge in [-0.1, -0.05) is 19.9 Å². The maximum Gasteiger partial charge on any atom is 0.128 e. The Morgan fingerprint density at radius 1 is 1.25 bits per heavy atom. The Morgan fingerprint density at radius 3 is 2.70 bits per heavy atom. The molecule has 2 atom stereocenters. The van der Waals surface area contributed by atoms with Crippen LogP contribution in [0.5, 0.6) is 0 Å². The van der Waals surface area contributed by atoms with Crippen molar-refractivity contribution < 1.29 is 0 Å². The zero-order valence-electron chi connectivity index (χ0n) is 12.9. The van der Waals surface area contributed by atoms with Gasteiger partial charge in [-0.3, -0.25) is 4.90 Å². The van der Waals surface area contributed by atoms with Gasteiger partial charge in [-0.25, -0.2) is 4.98 Å². The SMILES string of the molecule is CC[C@H](C)c1ccc(N2CCC(N3CCCC3)C2)nc1. The molecule has 2 saturated heterocycles. The van der Waals surface area contributed by atoms with Crippen molar-refractivity contribution in [2.75, 3.05) is 31.1 Å². The largest absolute Gasteiger partial charge is 0.355 e. The van der Waals surface area contributed by atoms with E-state index in [9.17, 15) is 0 Å². The Hall–Kier alpha value is -1.09. The molecule has 0 spiro atoms. The van der Waals surface area contributed by atoms with Crippen LogP contribution in [0.4, 0.5) is 5.82 Å². The van der Waals surface area contributed by atoms with Crippen molar-refractivity contribution in [1.82, 2.24) is 9.88 Å². The predicted molar refractivity (Wildman–Crippen MR) is 84.4 cm³/mol. The Bertz CT molecular complexity index is 422. The van der Waals surface area contributed by atoms with E-state index in [4.69, 9.17) is 4.98 Å². The zero-order chi connectivity index (χ0) is 13.9. The maximum absolute atomic E-state index is 4.70. The van der Waals surface area contributed by atoms with Crippen molar-refractivity contribution in [3.05, 3.63) is 23.9 Å². The molecule has 3 rings (SSSR count). The van der Waals surface area contributed by atoms with Gasteiger partial charge in [0.1, 0.15) is 5.82 Å². The molecule has 0 bridgehead atoms. The van der Waals surface area contributed by atoms with Gasteiger partial charge >= 0.3 is 0 Å². The molecule has 0 aliphatic carbocycles.